The normalized spacial score (nSPS) is 13.0. The fourth-order valence-corrected chi connectivity index (χ4v) is 1.89. The zero-order valence-electron chi connectivity index (χ0n) is 10.7. The number of aliphatic hydroxyl groups excluding tert-OH is 1. The Hall–Kier alpha value is -2.64. The van der Waals surface area contributed by atoms with E-state index in [1.54, 1.807) is 54.6 Å². The highest BCUT2D eigenvalue weighted by molar-refractivity contribution is 5.94. The molecule has 4 heteroatoms. The minimum absolute atomic E-state index is 0.325. The summed E-state index contributed by atoms with van der Waals surface area (Å²) in [5.41, 5.74) is 1.17. The minimum Gasteiger partial charge on any atom is -0.376 e. The molecule has 20 heavy (non-hydrogen) atoms. The number of aliphatic hydroxyl groups is 1. The summed E-state index contributed by atoms with van der Waals surface area (Å²) in [6, 6.07) is 18.6. The average Bonchev–Trinajstić information content (AvgIpc) is 2.53. The maximum absolute atomic E-state index is 12.1. The van der Waals surface area contributed by atoms with Crippen molar-refractivity contribution in [1.29, 1.82) is 5.26 Å². The molecular formula is C16H14N2O2. The Morgan fingerprint density at radius 1 is 1.05 bits per heavy atom. The molecule has 1 amide bonds. The van der Waals surface area contributed by atoms with Gasteiger partial charge >= 0.3 is 0 Å². The fourth-order valence-electron chi connectivity index (χ4n) is 1.89. The smallest absolute Gasteiger partial charge is 0.251 e. The second-order valence-electron chi connectivity index (χ2n) is 4.30. The number of hydrogen-bond donors (Lipinski definition) is 2. The third-order valence-electron chi connectivity index (χ3n) is 2.93. The first-order valence-electron chi connectivity index (χ1n) is 6.21. The van der Waals surface area contributed by atoms with Gasteiger partial charge < -0.3 is 10.4 Å². The van der Waals surface area contributed by atoms with Crippen molar-refractivity contribution >= 4 is 5.91 Å². The lowest BCUT2D eigenvalue weighted by Crippen LogP contribution is -2.35. The summed E-state index contributed by atoms with van der Waals surface area (Å²) in [4.78, 5) is 12.1. The first kappa shape index (κ1) is 13.8. The average molecular weight is 266 g/mol. The Bertz CT molecular complexity index is 605. The molecule has 0 radical (unpaired) electrons. The van der Waals surface area contributed by atoms with Gasteiger partial charge in [-0.2, -0.15) is 5.26 Å². The zero-order chi connectivity index (χ0) is 14.4. The van der Waals surface area contributed by atoms with Crippen LogP contribution in [-0.2, 0) is 0 Å². The molecule has 0 aromatic heterocycles. The lowest BCUT2D eigenvalue weighted by atomic mass is 10.0. The zero-order valence-corrected chi connectivity index (χ0v) is 10.7. The monoisotopic (exact) mass is 266 g/mol. The lowest BCUT2D eigenvalue weighted by Gasteiger charge is -2.20. The topological polar surface area (TPSA) is 73.1 Å². The van der Waals surface area contributed by atoms with Crippen molar-refractivity contribution in [2.24, 2.45) is 0 Å². The van der Waals surface area contributed by atoms with Crippen LogP contribution in [-0.4, -0.2) is 17.1 Å². The number of rotatable bonds is 4. The van der Waals surface area contributed by atoms with Crippen LogP contribution in [0.1, 0.15) is 22.0 Å². The molecule has 0 bridgehead atoms. The van der Waals surface area contributed by atoms with Gasteiger partial charge in [-0.05, 0) is 17.7 Å². The fraction of sp³-hybridized carbons (Fsp3) is 0.125. The first-order chi connectivity index (χ1) is 9.72. The number of carbonyl (C=O) groups excluding carboxylic acids is 1. The number of amides is 1. The van der Waals surface area contributed by atoms with Crippen molar-refractivity contribution in [1.82, 2.24) is 5.32 Å². The van der Waals surface area contributed by atoms with Crippen molar-refractivity contribution in [2.45, 2.75) is 12.1 Å². The highest BCUT2D eigenvalue weighted by atomic mass is 16.3. The van der Waals surface area contributed by atoms with Gasteiger partial charge in [-0.1, -0.05) is 48.5 Å². The van der Waals surface area contributed by atoms with E-state index < -0.39 is 12.1 Å². The third kappa shape index (κ3) is 3.22. The summed E-state index contributed by atoms with van der Waals surface area (Å²) in [6.45, 7) is 0. The number of nitrogens with one attached hydrogen (secondary N) is 1. The van der Waals surface area contributed by atoms with Crippen molar-refractivity contribution in [3.8, 4) is 6.07 Å². The van der Waals surface area contributed by atoms with Gasteiger partial charge in [0.15, 0.2) is 6.10 Å². The number of nitriles is 1. The predicted octanol–water partition coefficient (Wildman–Crippen LogP) is 2.04. The predicted molar refractivity (Wildman–Crippen MR) is 74.7 cm³/mol. The van der Waals surface area contributed by atoms with E-state index in [9.17, 15) is 9.90 Å². The largest absolute Gasteiger partial charge is 0.376 e. The SMILES string of the molecule is N#C[C@H](O)[C@@H](NC(=O)c1ccccc1)c1ccccc1. The van der Waals surface area contributed by atoms with Crippen molar-refractivity contribution in [3.63, 3.8) is 0 Å². The van der Waals surface area contributed by atoms with Gasteiger partial charge in [0.1, 0.15) is 0 Å². The lowest BCUT2D eigenvalue weighted by molar-refractivity contribution is 0.0888. The summed E-state index contributed by atoms with van der Waals surface area (Å²) >= 11 is 0. The second kappa shape index (κ2) is 6.50. The molecule has 0 aliphatic heterocycles. The van der Waals surface area contributed by atoms with E-state index in [1.165, 1.54) is 0 Å². The Morgan fingerprint density at radius 2 is 1.60 bits per heavy atom. The summed E-state index contributed by atoms with van der Waals surface area (Å²) in [7, 11) is 0. The number of nitrogens with zero attached hydrogens (tertiary/aromatic N) is 1. The molecule has 0 aliphatic carbocycles. The van der Waals surface area contributed by atoms with E-state index >= 15 is 0 Å². The first-order valence-corrected chi connectivity index (χ1v) is 6.21. The molecule has 2 atom stereocenters. The molecule has 2 aromatic carbocycles. The van der Waals surface area contributed by atoms with Gasteiger partial charge in [0.25, 0.3) is 5.91 Å². The molecule has 0 saturated carbocycles. The van der Waals surface area contributed by atoms with E-state index in [0.717, 1.165) is 0 Å². The molecule has 2 N–H and O–H groups in total. The quantitative estimate of drug-likeness (QED) is 0.832. The van der Waals surface area contributed by atoms with Crippen LogP contribution in [0.3, 0.4) is 0 Å². The minimum atomic E-state index is -1.30. The number of carbonyl (C=O) groups is 1. The molecule has 4 nitrogen and oxygen atoms in total. The summed E-state index contributed by atoms with van der Waals surface area (Å²) in [5.74, 6) is -0.325. The Labute approximate surface area is 117 Å². The maximum atomic E-state index is 12.1. The van der Waals surface area contributed by atoms with Crippen molar-refractivity contribution < 1.29 is 9.90 Å². The van der Waals surface area contributed by atoms with Crippen molar-refractivity contribution in [3.05, 3.63) is 71.8 Å². The molecule has 0 fully saturated rings. The molecule has 2 aromatic rings. The second-order valence-corrected chi connectivity index (χ2v) is 4.30. The van der Waals surface area contributed by atoms with Gasteiger partial charge in [0.2, 0.25) is 0 Å². The molecule has 100 valence electrons. The number of benzene rings is 2. The van der Waals surface area contributed by atoms with Gasteiger partial charge in [-0.3, -0.25) is 4.79 Å². The molecule has 0 spiro atoms. The summed E-state index contributed by atoms with van der Waals surface area (Å²) < 4.78 is 0. The van der Waals surface area contributed by atoms with Gasteiger partial charge in [-0.25, -0.2) is 0 Å². The van der Waals surface area contributed by atoms with Gasteiger partial charge in [0, 0.05) is 5.56 Å². The Morgan fingerprint density at radius 3 is 2.15 bits per heavy atom. The Balaban J connectivity index is 2.22. The summed E-state index contributed by atoms with van der Waals surface area (Å²) in [6.07, 6.45) is -1.30. The molecule has 0 unspecified atom stereocenters. The van der Waals surface area contributed by atoms with E-state index in [1.807, 2.05) is 12.1 Å². The van der Waals surface area contributed by atoms with Crippen LogP contribution >= 0.6 is 0 Å². The van der Waals surface area contributed by atoms with Crippen LogP contribution in [0.15, 0.2) is 60.7 Å². The van der Waals surface area contributed by atoms with Crippen LogP contribution in [0.2, 0.25) is 0 Å². The van der Waals surface area contributed by atoms with Crippen molar-refractivity contribution in [2.75, 3.05) is 0 Å². The molecule has 2 rings (SSSR count). The van der Waals surface area contributed by atoms with E-state index in [4.69, 9.17) is 5.26 Å². The standard InChI is InChI=1S/C16H14N2O2/c17-11-14(19)15(12-7-3-1-4-8-12)18-16(20)13-9-5-2-6-10-13/h1-10,14-15,19H,(H,18,20)/t14-,15-/m0/s1. The van der Waals surface area contributed by atoms with Crippen LogP contribution in [0.4, 0.5) is 0 Å². The van der Waals surface area contributed by atoms with E-state index in [2.05, 4.69) is 5.32 Å². The molecule has 0 aliphatic rings. The molecular weight excluding hydrogens is 252 g/mol. The van der Waals surface area contributed by atoms with Gasteiger partial charge in [0.05, 0.1) is 12.1 Å². The third-order valence-corrected chi connectivity index (χ3v) is 2.93. The molecule has 0 heterocycles. The van der Waals surface area contributed by atoms with Crippen LogP contribution in [0.25, 0.3) is 0 Å². The van der Waals surface area contributed by atoms with Gasteiger partial charge in [-0.15, -0.1) is 0 Å². The van der Waals surface area contributed by atoms with Crippen LogP contribution < -0.4 is 5.32 Å². The van der Waals surface area contributed by atoms with E-state index in [0.29, 0.717) is 11.1 Å². The van der Waals surface area contributed by atoms with Crippen LogP contribution in [0.5, 0.6) is 0 Å². The maximum Gasteiger partial charge on any atom is 0.251 e. The highest BCUT2D eigenvalue weighted by Crippen LogP contribution is 2.17. The highest BCUT2D eigenvalue weighted by Gasteiger charge is 2.23. The van der Waals surface area contributed by atoms with Crippen LogP contribution in [0, 0.1) is 11.3 Å². The van der Waals surface area contributed by atoms with E-state index in [-0.39, 0.29) is 5.91 Å². The molecule has 0 saturated heterocycles. The summed E-state index contributed by atoms with van der Waals surface area (Å²) in [5, 5.41) is 21.4. The number of hydrogen-bond acceptors (Lipinski definition) is 3. The Kier molecular flexibility index (Phi) is 4.48.